The molecule has 1 aliphatic heterocycles. The van der Waals surface area contributed by atoms with E-state index in [1.165, 1.54) is 5.69 Å². The van der Waals surface area contributed by atoms with Gasteiger partial charge in [-0.1, -0.05) is 12.1 Å². The van der Waals surface area contributed by atoms with Crippen LogP contribution in [0.25, 0.3) is 21.3 Å². The minimum atomic E-state index is -3.31. The average Bonchev–Trinajstić information content (AvgIpc) is 3.23. The fraction of sp³-hybridized carbons (Fsp3) is 0.217. The molecule has 2 N–H and O–H groups in total. The first kappa shape index (κ1) is 21.6. The summed E-state index contributed by atoms with van der Waals surface area (Å²) in [5.74, 6) is 0.525. The van der Waals surface area contributed by atoms with Gasteiger partial charge in [0, 0.05) is 41.1 Å². The second-order valence-corrected chi connectivity index (χ2v) is 10.4. The van der Waals surface area contributed by atoms with E-state index in [0.29, 0.717) is 11.6 Å². The molecule has 170 valence electrons. The topological polar surface area (TPSA) is 96.5 Å². The van der Waals surface area contributed by atoms with Crippen molar-refractivity contribution in [3.63, 3.8) is 0 Å². The number of nitrogens with zero attached hydrogens (tertiary/aromatic N) is 3. The highest BCUT2D eigenvalue weighted by Gasteiger charge is 2.13. The first-order valence-corrected chi connectivity index (χ1v) is 13.2. The van der Waals surface area contributed by atoms with E-state index in [2.05, 4.69) is 32.1 Å². The Hall–Kier alpha value is -3.21. The monoisotopic (exact) mass is 481 g/mol. The van der Waals surface area contributed by atoms with E-state index < -0.39 is 10.0 Å². The molecular formula is C23H23N5O3S2. The summed E-state index contributed by atoms with van der Waals surface area (Å²) >= 11 is 1.58. The molecule has 0 saturated carbocycles. The second-order valence-electron chi connectivity index (χ2n) is 7.78. The molecule has 8 nitrogen and oxygen atoms in total. The number of hydrogen-bond donors (Lipinski definition) is 2. The molecule has 2 aromatic carbocycles. The number of aromatic nitrogens is 2. The first-order valence-electron chi connectivity index (χ1n) is 10.5. The van der Waals surface area contributed by atoms with Crippen molar-refractivity contribution in [1.29, 1.82) is 0 Å². The van der Waals surface area contributed by atoms with Gasteiger partial charge in [0.05, 0.1) is 35.9 Å². The van der Waals surface area contributed by atoms with Crippen LogP contribution in [0.15, 0.2) is 60.1 Å². The molecular weight excluding hydrogens is 458 g/mol. The number of rotatable bonds is 6. The molecule has 4 aromatic rings. The highest BCUT2D eigenvalue weighted by molar-refractivity contribution is 7.92. The normalized spacial score (nSPS) is 14.4. The number of fused-ring (bicyclic) bond motifs is 1. The third-order valence-electron chi connectivity index (χ3n) is 5.31. The van der Waals surface area contributed by atoms with E-state index in [9.17, 15) is 8.42 Å². The third-order valence-corrected chi connectivity index (χ3v) is 6.83. The Labute approximate surface area is 196 Å². The van der Waals surface area contributed by atoms with Crippen LogP contribution in [0.4, 0.5) is 23.0 Å². The molecule has 0 aliphatic carbocycles. The zero-order chi connectivity index (χ0) is 22.8. The van der Waals surface area contributed by atoms with E-state index in [1.807, 2.05) is 35.8 Å². The van der Waals surface area contributed by atoms with E-state index in [0.717, 1.165) is 59.6 Å². The lowest BCUT2D eigenvalue weighted by atomic mass is 10.1. The van der Waals surface area contributed by atoms with Gasteiger partial charge in [-0.3, -0.25) is 4.72 Å². The molecule has 33 heavy (non-hydrogen) atoms. The Balaban J connectivity index is 1.36. The van der Waals surface area contributed by atoms with Crippen molar-refractivity contribution in [2.75, 3.05) is 47.5 Å². The summed E-state index contributed by atoms with van der Waals surface area (Å²) in [7, 11) is -3.31. The molecule has 0 bridgehead atoms. The van der Waals surface area contributed by atoms with Gasteiger partial charge in [0.15, 0.2) is 0 Å². The van der Waals surface area contributed by atoms with Gasteiger partial charge in [0.25, 0.3) is 0 Å². The summed E-state index contributed by atoms with van der Waals surface area (Å²) in [5.41, 5.74) is 5.41. The van der Waals surface area contributed by atoms with Crippen LogP contribution in [-0.4, -0.2) is 50.9 Å². The van der Waals surface area contributed by atoms with Crippen LogP contribution in [0, 0.1) is 0 Å². The van der Waals surface area contributed by atoms with Gasteiger partial charge in [0.1, 0.15) is 0 Å². The molecule has 3 heterocycles. The quantitative estimate of drug-likeness (QED) is 0.424. The number of sulfonamides is 1. The Morgan fingerprint density at radius 1 is 1.00 bits per heavy atom. The number of hydrogen-bond acceptors (Lipinski definition) is 8. The molecule has 2 aromatic heterocycles. The van der Waals surface area contributed by atoms with Gasteiger partial charge in [-0.15, -0.1) is 11.3 Å². The molecule has 0 unspecified atom stereocenters. The maximum atomic E-state index is 11.4. The minimum absolute atomic E-state index is 0.525. The molecule has 10 heteroatoms. The van der Waals surface area contributed by atoms with Gasteiger partial charge >= 0.3 is 0 Å². The van der Waals surface area contributed by atoms with Crippen molar-refractivity contribution in [3.05, 3.63) is 60.1 Å². The molecule has 0 atom stereocenters. The maximum absolute atomic E-state index is 11.4. The Morgan fingerprint density at radius 2 is 1.70 bits per heavy atom. The van der Waals surface area contributed by atoms with Crippen LogP contribution in [0.3, 0.4) is 0 Å². The lowest BCUT2D eigenvalue weighted by molar-refractivity contribution is 0.122. The Bertz CT molecular complexity index is 1360. The third kappa shape index (κ3) is 5.08. The lowest BCUT2D eigenvalue weighted by Crippen LogP contribution is -2.36. The minimum Gasteiger partial charge on any atom is -0.378 e. The molecule has 1 aliphatic rings. The summed E-state index contributed by atoms with van der Waals surface area (Å²) in [4.78, 5) is 11.5. The number of anilines is 4. The fourth-order valence-electron chi connectivity index (χ4n) is 3.73. The van der Waals surface area contributed by atoms with E-state index >= 15 is 0 Å². The van der Waals surface area contributed by atoms with Gasteiger partial charge in [-0.05, 0) is 42.0 Å². The standard InChI is InChI=1S/C23H23N5O3S2/c1-33(29,30)27-18-4-2-16(3-5-18)20-15-32-21-14-24-23(26-22(20)21)25-17-6-8-19(9-7-17)28-10-12-31-13-11-28/h2-9,14-15,27H,10-13H2,1H3,(H,24,25,26). The number of ether oxygens (including phenoxy) is 1. The average molecular weight is 482 g/mol. The summed E-state index contributed by atoms with van der Waals surface area (Å²) in [6, 6.07) is 15.5. The lowest BCUT2D eigenvalue weighted by Gasteiger charge is -2.28. The second kappa shape index (κ2) is 8.97. The predicted octanol–water partition coefficient (Wildman–Crippen LogP) is 4.31. The zero-order valence-electron chi connectivity index (χ0n) is 18.0. The van der Waals surface area contributed by atoms with Crippen LogP contribution in [0.1, 0.15) is 0 Å². The summed E-state index contributed by atoms with van der Waals surface area (Å²) in [5, 5.41) is 5.33. The van der Waals surface area contributed by atoms with Gasteiger partial charge in [-0.2, -0.15) is 0 Å². The Kier molecular flexibility index (Phi) is 5.88. The summed E-state index contributed by atoms with van der Waals surface area (Å²) in [6.07, 6.45) is 2.95. The van der Waals surface area contributed by atoms with Crippen molar-refractivity contribution in [1.82, 2.24) is 9.97 Å². The SMILES string of the molecule is CS(=O)(=O)Nc1ccc(-c2csc3cnc(Nc4ccc(N5CCOCC5)cc4)nc23)cc1. The molecule has 0 radical (unpaired) electrons. The van der Waals surface area contributed by atoms with Crippen molar-refractivity contribution < 1.29 is 13.2 Å². The van der Waals surface area contributed by atoms with Gasteiger partial charge in [0.2, 0.25) is 16.0 Å². The van der Waals surface area contributed by atoms with Crippen molar-refractivity contribution in [2.45, 2.75) is 0 Å². The number of thiophene rings is 1. The van der Waals surface area contributed by atoms with Crippen LogP contribution in [0.5, 0.6) is 0 Å². The Morgan fingerprint density at radius 3 is 2.39 bits per heavy atom. The first-order chi connectivity index (χ1) is 15.9. The van der Waals surface area contributed by atoms with Crippen LogP contribution in [-0.2, 0) is 14.8 Å². The largest absolute Gasteiger partial charge is 0.378 e. The molecule has 0 spiro atoms. The van der Waals surface area contributed by atoms with Crippen molar-refractivity contribution in [3.8, 4) is 11.1 Å². The highest BCUT2D eigenvalue weighted by atomic mass is 32.2. The number of morpholine rings is 1. The van der Waals surface area contributed by atoms with Gasteiger partial charge < -0.3 is 15.0 Å². The van der Waals surface area contributed by atoms with Crippen molar-refractivity contribution in [2.24, 2.45) is 0 Å². The summed E-state index contributed by atoms with van der Waals surface area (Å²) in [6.45, 7) is 3.32. The maximum Gasteiger partial charge on any atom is 0.229 e. The van der Waals surface area contributed by atoms with E-state index in [4.69, 9.17) is 9.72 Å². The highest BCUT2D eigenvalue weighted by Crippen LogP contribution is 2.34. The molecule has 0 amide bonds. The van der Waals surface area contributed by atoms with E-state index in [-0.39, 0.29) is 0 Å². The smallest absolute Gasteiger partial charge is 0.229 e. The summed E-state index contributed by atoms with van der Waals surface area (Å²) < 4.78 is 31.8. The van der Waals surface area contributed by atoms with Gasteiger partial charge in [-0.25, -0.2) is 18.4 Å². The number of nitrogens with one attached hydrogen (secondary N) is 2. The zero-order valence-corrected chi connectivity index (χ0v) is 19.6. The molecule has 1 saturated heterocycles. The number of benzene rings is 2. The van der Waals surface area contributed by atoms with Crippen LogP contribution < -0.4 is 14.9 Å². The van der Waals surface area contributed by atoms with E-state index in [1.54, 1.807) is 23.5 Å². The van der Waals surface area contributed by atoms with Crippen molar-refractivity contribution >= 4 is 54.6 Å². The van der Waals surface area contributed by atoms with Crippen LogP contribution in [0.2, 0.25) is 0 Å². The molecule has 5 rings (SSSR count). The molecule has 1 fully saturated rings. The van der Waals surface area contributed by atoms with Crippen LogP contribution >= 0.6 is 11.3 Å². The fourth-order valence-corrected chi connectivity index (χ4v) is 5.17. The predicted molar refractivity (Wildman–Crippen MR) is 134 cm³/mol.